The van der Waals surface area contributed by atoms with Crippen LogP contribution < -0.4 is 10.1 Å². The number of aromatic nitrogens is 1. The molecule has 4 rings (SSSR count). The average Bonchev–Trinajstić information content (AvgIpc) is 3.48. The fourth-order valence-electron chi connectivity index (χ4n) is 3.58. The van der Waals surface area contributed by atoms with Crippen LogP contribution in [0.5, 0.6) is 5.75 Å². The molecule has 1 aliphatic rings. The van der Waals surface area contributed by atoms with Crippen molar-refractivity contribution in [1.29, 1.82) is 0 Å². The highest BCUT2D eigenvalue weighted by molar-refractivity contribution is 7.10. The van der Waals surface area contributed by atoms with Crippen molar-refractivity contribution in [3.05, 3.63) is 82.3 Å². The van der Waals surface area contributed by atoms with Crippen molar-refractivity contribution < 1.29 is 9.53 Å². The van der Waals surface area contributed by atoms with Crippen LogP contribution >= 0.6 is 11.3 Å². The van der Waals surface area contributed by atoms with Gasteiger partial charge in [0.2, 0.25) is 0 Å². The summed E-state index contributed by atoms with van der Waals surface area (Å²) in [6.07, 6.45) is 5.96. The van der Waals surface area contributed by atoms with Gasteiger partial charge in [-0.25, -0.2) is 0 Å². The lowest BCUT2D eigenvalue weighted by Crippen LogP contribution is -2.36. The maximum atomic E-state index is 12.7. The number of thiophene rings is 1. The van der Waals surface area contributed by atoms with Crippen LogP contribution in [0.3, 0.4) is 0 Å². The molecule has 29 heavy (non-hydrogen) atoms. The number of benzene rings is 1. The summed E-state index contributed by atoms with van der Waals surface area (Å²) in [4.78, 5) is 20.4. The lowest BCUT2D eigenvalue weighted by atomic mass is 10.1. The molecule has 0 aliphatic carbocycles. The van der Waals surface area contributed by atoms with E-state index in [0.29, 0.717) is 18.7 Å². The highest BCUT2D eigenvalue weighted by atomic mass is 32.1. The molecule has 5 nitrogen and oxygen atoms in total. The average molecular weight is 408 g/mol. The summed E-state index contributed by atoms with van der Waals surface area (Å²) in [7, 11) is 0. The Bertz CT molecular complexity index is 892. The number of ether oxygens (including phenoxy) is 1. The van der Waals surface area contributed by atoms with Gasteiger partial charge >= 0.3 is 0 Å². The van der Waals surface area contributed by atoms with Crippen LogP contribution in [0.4, 0.5) is 0 Å². The molecule has 1 aliphatic heterocycles. The molecule has 3 aromatic rings. The topological polar surface area (TPSA) is 54.5 Å². The number of carbonyl (C=O) groups excluding carboxylic acids is 1. The molecule has 1 atom stereocenters. The summed E-state index contributed by atoms with van der Waals surface area (Å²) in [5.74, 6) is 0.693. The molecule has 1 fully saturated rings. The second-order valence-corrected chi connectivity index (χ2v) is 8.13. The summed E-state index contributed by atoms with van der Waals surface area (Å²) in [5, 5.41) is 5.22. The molecule has 1 N–H and O–H groups in total. The van der Waals surface area contributed by atoms with Crippen LogP contribution in [-0.2, 0) is 6.61 Å². The van der Waals surface area contributed by atoms with Gasteiger partial charge in [0.25, 0.3) is 5.91 Å². The Hall–Kier alpha value is -2.70. The first-order valence-corrected chi connectivity index (χ1v) is 10.8. The molecule has 0 bridgehead atoms. The Labute approximate surface area is 175 Å². The first-order valence-electron chi connectivity index (χ1n) is 9.97. The second-order valence-electron chi connectivity index (χ2n) is 7.15. The van der Waals surface area contributed by atoms with Gasteiger partial charge in [-0.2, -0.15) is 0 Å². The van der Waals surface area contributed by atoms with Crippen molar-refractivity contribution in [2.75, 3.05) is 19.6 Å². The van der Waals surface area contributed by atoms with Crippen LogP contribution in [0.25, 0.3) is 0 Å². The number of rotatable bonds is 8. The minimum Gasteiger partial charge on any atom is -0.489 e. The quantitative estimate of drug-likeness (QED) is 0.605. The highest BCUT2D eigenvalue weighted by Gasteiger charge is 2.24. The molecule has 0 radical (unpaired) electrons. The fraction of sp³-hybridized carbons (Fsp3) is 0.304. The van der Waals surface area contributed by atoms with Crippen LogP contribution in [0, 0.1) is 0 Å². The van der Waals surface area contributed by atoms with Crippen LogP contribution in [0.1, 0.15) is 39.7 Å². The van der Waals surface area contributed by atoms with Crippen molar-refractivity contribution in [2.24, 2.45) is 0 Å². The Kier molecular flexibility index (Phi) is 6.54. The van der Waals surface area contributed by atoms with E-state index in [0.717, 1.165) is 24.4 Å². The van der Waals surface area contributed by atoms with Gasteiger partial charge in [-0.1, -0.05) is 6.07 Å². The van der Waals surface area contributed by atoms with Crippen molar-refractivity contribution in [3.63, 3.8) is 0 Å². The monoisotopic (exact) mass is 407 g/mol. The largest absolute Gasteiger partial charge is 0.489 e. The third kappa shape index (κ3) is 5.22. The van der Waals surface area contributed by atoms with Crippen LogP contribution in [0.2, 0.25) is 0 Å². The van der Waals surface area contributed by atoms with Crippen molar-refractivity contribution >= 4 is 17.2 Å². The lowest BCUT2D eigenvalue weighted by molar-refractivity contribution is 0.0938. The zero-order valence-corrected chi connectivity index (χ0v) is 17.1. The lowest BCUT2D eigenvalue weighted by Gasteiger charge is -2.27. The predicted octanol–water partition coefficient (Wildman–Crippen LogP) is 4.29. The molecule has 0 saturated carbocycles. The van der Waals surface area contributed by atoms with E-state index in [1.807, 2.05) is 36.4 Å². The Morgan fingerprint density at radius 1 is 1.10 bits per heavy atom. The smallest absolute Gasteiger partial charge is 0.251 e. The van der Waals surface area contributed by atoms with E-state index >= 15 is 0 Å². The molecule has 1 saturated heterocycles. The predicted molar refractivity (Wildman–Crippen MR) is 115 cm³/mol. The normalized spacial score (nSPS) is 15.2. The van der Waals surface area contributed by atoms with Gasteiger partial charge < -0.3 is 10.1 Å². The van der Waals surface area contributed by atoms with E-state index < -0.39 is 0 Å². The number of amides is 1. The maximum absolute atomic E-state index is 12.7. The van der Waals surface area contributed by atoms with Gasteiger partial charge in [0, 0.05) is 29.4 Å². The standard InChI is InChI=1S/C23H25N3O2S/c27-23(25-16-21(22-4-3-15-29-22)26-13-1-2-14-26)19-5-7-20(8-6-19)28-17-18-9-11-24-12-10-18/h3-12,15,21H,1-2,13-14,16-17H2,(H,25,27). The van der Waals surface area contributed by atoms with E-state index in [4.69, 9.17) is 4.74 Å². The minimum absolute atomic E-state index is 0.0496. The number of nitrogens with one attached hydrogen (secondary N) is 1. The molecule has 1 unspecified atom stereocenters. The molecule has 150 valence electrons. The van der Waals surface area contributed by atoms with E-state index in [-0.39, 0.29) is 11.9 Å². The van der Waals surface area contributed by atoms with E-state index in [9.17, 15) is 4.79 Å². The minimum atomic E-state index is -0.0496. The van der Waals surface area contributed by atoms with Gasteiger partial charge in [0.15, 0.2) is 0 Å². The first-order chi connectivity index (χ1) is 14.3. The molecular weight excluding hydrogens is 382 g/mol. The Balaban J connectivity index is 1.33. The van der Waals surface area contributed by atoms with E-state index in [1.54, 1.807) is 23.7 Å². The Morgan fingerprint density at radius 3 is 2.55 bits per heavy atom. The fourth-order valence-corrected chi connectivity index (χ4v) is 4.44. The maximum Gasteiger partial charge on any atom is 0.251 e. The molecule has 1 amide bonds. The van der Waals surface area contributed by atoms with Crippen molar-refractivity contribution in [2.45, 2.75) is 25.5 Å². The molecule has 0 spiro atoms. The van der Waals surface area contributed by atoms with Gasteiger partial charge in [0.1, 0.15) is 12.4 Å². The number of nitrogens with zero attached hydrogens (tertiary/aromatic N) is 2. The third-order valence-corrected chi connectivity index (χ3v) is 6.15. The number of hydrogen-bond acceptors (Lipinski definition) is 5. The molecular formula is C23H25N3O2S. The summed E-state index contributed by atoms with van der Waals surface area (Å²) in [5.41, 5.74) is 1.70. The highest BCUT2D eigenvalue weighted by Crippen LogP contribution is 2.28. The molecule has 3 heterocycles. The summed E-state index contributed by atoms with van der Waals surface area (Å²) in [6, 6.07) is 15.6. The summed E-state index contributed by atoms with van der Waals surface area (Å²) in [6.45, 7) is 3.30. The number of pyridine rings is 1. The Morgan fingerprint density at radius 2 is 1.86 bits per heavy atom. The number of likely N-dealkylation sites (tertiary alicyclic amines) is 1. The first kappa shape index (κ1) is 19.6. The summed E-state index contributed by atoms with van der Waals surface area (Å²) >= 11 is 1.76. The third-order valence-electron chi connectivity index (χ3n) is 5.18. The van der Waals surface area contributed by atoms with Crippen molar-refractivity contribution in [1.82, 2.24) is 15.2 Å². The SMILES string of the molecule is O=C(NCC(c1cccs1)N1CCCC1)c1ccc(OCc2ccncc2)cc1. The zero-order chi connectivity index (χ0) is 19.9. The molecule has 6 heteroatoms. The summed E-state index contributed by atoms with van der Waals surface area (Å²) < 4.78 is 5.78. The number of carbonyl (C=O) groups is 1. The zero-order valence-electron chi connectivity index (χ0n) is 16.3. The van der Waals surface area contributed by atoms with Gasteiger partial charge in [-0.05, 0) is 79.3 Å². The second kappa shape index (κ2) is 9.67. The number of hydrogen-bond donors (Lipinski definition) is 1. The van der Waals surface area contributed by atoms with Crippen LogP contribution in [0.15, 0.2) is 66.3 Å². The van der Waals surface area contributed by atoms with Gasteiger partial charge in [-0.3, -0.25) is 14.7 Å². The van der Waals surface area contributed by atoms with Gasteiger partial charge in [-0.15, -0.1) is 11.3 Å². The van der Waals surface area contributed by atoms with E-state index in [2.05, 4.69) is 32.7 Å². The van der Waals surface area contributed by atoms with Gasteiger partial charge in [0.05, 0.1) is 6.04 Å². The van der Waals surface area contributed by atoms with E-state index in [1.165, 1.54) is 17.7 Å². The molecule has 1 aromatic carbocycles. The van der Waals surface area contributed by atoms with Crippen molar-refractivity contribution in [3.8, 4) is 5.75 Å². The van der Waals surface area contributed by atoms with Crippen LogP contribution in [-0.4, -0.2) is 35.4 Å². The molecule has 2 aromatic heterocycles.